The molecule has 10 atom stereocenters. The Hall–Kier alpha value is -1.68. The molecule has 0 aromatic heterocycles. The van der Waals surface area contributed by atoms with Crippen LogP contribution in [0.25, 0.3) is 10.4 Å². The molecule has 0 spiro atoms. The van der Waals surface area contributed by atoms with Crippen molar-refractivity contribution in [1.82, 2.24) is 10.6 Å². The van der Waals surface area contributed by atoms with E-state index in [2.05, 4.69) is 33.3 Å². The number of methoxy groups -OCH3 is 1. The van der Waals surface area contributed by atoms with Gasteiger partial charge in [0.05, 0.1) is 71.5 Å². The number of hydrogen-bond donors (Lipinski definition) is 6. The first-order valence-electron chi connectivity index (χ1n) is 14.7. The average molecular weight is 670 g/mol. The lowest BCUT2D eigenvalue weighted by atomic mass is 9.88. The number of aliphatic hydroxyl groups is 3. The first kappa shape index (κ1) is 39.5. The Balaban J connectivity index is 1.96. The molecule has 19 heteroatoms. The summed E-state index contributed by atoms with van der Waals surface area (Å²) in [5, 5.41) is 41.4. The van der Waals surface area contributed by atoms with Gasteiger partial charge in [-0.2, -0.15) is 12.6 Å². The fraction of sp³-hybridized carbons (Fsp3) is 0.923. The maximum atomic E-state index is 13.2. The highest BCUT2D eigenvalue weighted by molar-refractivity contribution is 7.80. The summed E-state index contributed by atoms with van der Waals surface area (Å²) >= 11 is 4.11. The van der Waals surface area contributed by atoms with Crippen molar-refractivity contribution in [3.05, 3.63) is 10.4 Å². The molecule has 260 valence electrons. The Morgan fingerprint density at radius 2 is 1.67 bits per heavy atom. The molecular weight excluding hydrogens is 622 g/mol. The largest absolute Gasteiger partial charge is 0.390 e. The quantitative estimate of drug-likeness (QED) is 0.0169. The van der Waals surface area contributed by atoms with Gasteiger partial charge in [-0.15, -0.1) is 0 Å². The number of carbonyl (C=O) groups excluding carboxylic acids is 2. The summed E-state index contributed by atoms with van der Waals surface area (Å²) in [4.78, 5) is 27.0. The van der Waals surface area contributed by atoms with Gasteiger partial charge in [0.1, 0.15) is 30.7 Å². The molecule has 10 unspecified atom stereocenters. The fourth-order valence-electron chi connectivity index (χ4n) is 4.71. The van der Waals surface area contributed by atoms with E-state index in [9.17, 15) is 24.9 Å². The van der Waals surface area contributed by atoms with Crippen LogP contribution in [0.3, 0.4) is 0 Å². The first-order valence-corrected chi connectivity index (χ1v) is 15.3. The van der Waals surface area contributed by atoms with Gasteiger partial charge in [-0.1, -0.05) is 12.0 Å². The van der Waals surface area contributed by atoms with Gasteiger partial charge in [0.25, 0.3) is 5.91 Å². The van der Waals surface area contributed by atoms with Crippen molar-refractivity contribution in [2.75, 3.05) is 85.4 Å². The van der Waals surface area contributed by atoms with Gasteiger partial charge < -0.3 is 68.6 Å². The molecule has 2 fully saturated rings. The van der Waals surface area contributed by atoms with Crippen LogP contribution in [-0.4, -0.2) is 168 Å². The van der Waals surface area contributed by atoms with Gasteiger partial charge in [0.2, 0.25) is 0 Å². The molecule has 0 aromatic rings. The Labute approximate surface area is 267 Å². The molecule has 0 radical (unpaired) electrons. The summed E-state index contributed by atoms with van der Waals surface area (Å²) in [7, 11) is 1.25. The van der Waals surface area contributed by atoms with Crippen molar-refractivity contribution in [3.63, 3.8) is 0 Å². The highest BCUT2D eigenvalue weighted by Gasteiger charge is 2.52. The van der Waals surface area contributed by atoms with Crippen molar-refractivity contribution < 1.29 is 62.8 Å². The molecular formula is C26H47N5O13S. The number of amides is 1. The van der Waals surface area contributed by atoms with Crippen molar-refractivity contribution in [2.45, 2.75) is 62.2 Å². The van der Waals surface area contributed by atoms with E-state index in [1.54, 1.807) is 6.92 Å². The van der Waals surface area contributed by atoms with E-state index in [-0.39, 0.29) is 39.5 Å². The lowest BCUT2D eigenvalue weighted by Gasteiger charge is -2.47. The summed E-state index contributed by atoms with van der Waals surface area (Å²) in [6.07, 6.45) is -9.75. The standard InChI is InChI=1S/C26H47N5O13S/c1-16-18(28-3-6-32)25(42-17(19(16)33)15-41-13-14-45)43-22-20(34)21(35)26(37-2)44-23(22)24(36)29-4-7-38-9-11-40-12-10-39-8-5-30-31-27/h6,16-23,25-26,28,33-35,45H,3-5,7-15H2,1-2H3,(H,29,36). The number of aldehydes is 1. The number of azide groups is 1. The Morgan fingerprint density at radius 1 is 0.978 bits per heavy atom. The van der Waals surface area contributed by atoms with Crippen LogP contribution in [-0.2, 0) is 47.5 Å². The molecule has 0 aliphatic carbocycles. The molecule has 2 heterocycles. The SMILES string of the molecule is COC1OC(C(=O)NCCOCCOCCOCCN=[N+]=[N-])C(OC2OC(COCCS)C(O)C(C)C2NCC=O)C(O)C1O. The Morgan fingerprint density at radius 3 is 2.31 bits per heavy atom. The number of nitrogens with one attached hydrogen (secondary N) is 2. The van der Waals surface area contributed by atoms with E-state index >= 15 is 0 Å². The predicted molar refractivity (Wildman–Crippen MR) is 158 cm³/mol. The minimum absolute atomic E-state index is 0.0199. The lowest BCUT2D eigenvalue weighted by Crippen LogP contribution is -2.66. The van der Waals surface area contributed by atoms with Gasteiger partial charge in [0.15, 0.2) is 18.7 Å². The van der Waals surface area contributed by atoms with E-state index in [1.807, 2.05) is 0 Å². The van der Waals surface area contributed by atoms with Crippen LogP contribution < -0.4 is 10.6 Å². The average Bonchev–Trinajstić information content (AvgIpc) is 3.03. The molecule has 0 saturated carbocycles. The van der Waals surface area contributed by atoms with E-state index < -0.39 is 67.1 Å². The van der Waals surface area contributed by atoms with Crippen LogP contribution in [0.5, 0.6) is 0 Å². The monoisotopic (exact) mass is 669 g/mol. The van der Waals surface area contributed by atoms with E-state index in [0.717, 1.165) is 0 Å². The topological polar surface area (TPSA) is 241 Å². The maximum Gasteiger partial charge on any atom is 0.252 e. The molecule has 45 heavy (non-hydrogen) atoms. The molecule has 18 nitrogen and oxygen atoms in total. The summed E-state index contributed by atoms with van der Waals surface area (Å²) in [5.74, 6) is -0.712. The number of rotatable bonds is 23. The van der Waals surface area contributed by atoms with Crippen LogP contribution in [0.4, 0.5) is 0 Å². The summed E-state index contributed by atoms with van der Waals surface area (Å²) < 4.78 is 44.5. The van der Waals surface area contributed by atoms with Crippen molar-refractivity contribution in [2.24, 2.45) is 11.0 Å². The number of ether oxygens (including phenoxy) is 8. The second-order valence-corrected chi connectivity index (χ2v) is 10.6. The highest BCUT2D eigenvalue weighted by atomic mass is 32.1. The van der Waals surface area contributed by atoms with Crippen LogP contribution in [0.1, 0.15) is 6.92 Å². The van der Waals surface area contributed by atoms with E-state index in [0.29, 0.717) is 45.1 Å². The van der Waals surface area contributed by atoms with Crippen LogP contribution in [0, 0.1) is 5.92 Å². The summed E-state index contributed by atoms with van der Waals surface area (Å²) in [5.41, 5.74) is 8.20. The van der Waals surface area contributed by atoms with Crippen LogP contribution >= 0.6 is 12.6 Å². The molecule has 0 aromatic carbocycles. The fourth-order valence-corrected chi connectivity index (χ4v) is 4.84. The van der Waals surface area contributed by atoms with Crippen LogP contribution in [0.2, 0.25) is 0 Å². The van der Waals surface area contributed by atoms with Gasteiger partial charge in [-0.25, -0.2) is 0 Å². The number of carbonyl (C=O) groups is 2. The third-order valence-corrected chi connectivity index (χ3v) is 7.24. The van der Waals surface area contributed by atoms with Crippen molar-refractivity contribution in [3.8, 4) is 0 Å². The molecule has 2 aliphatic rings. The normalized spacial score (nSPS) is 31.7. The second-order valence-electron chi connectivity index (χ2n) is 10.1. The summed E-state index contributed by atoms with van der Waals surface area (Å²) in [6, 6.07) is -0.737. The zero-order valence-corrected chi connectivity index (χ0v) is 26.4. The number of aliphatic hydroxyl groups excluding tert-OH is 3. The predicted octanol–water partition coefficient (Wildman–Crippen LogP) is -2.23. The second kappa shape index (κ2) is 22.8. The van der Waals surface area contributed by atoms with Gasteiger partial charge in [-0.3, -0.25) is 4.79 Å². The molecule has 1 amide bonds. The van der Waals surface area contributed by atoms with Gasteiger partial charge in [0, 0.05) is 36.8 Å². The number of hydrogen-bond acceptors (Lipinski definition) is 16. The molecule has 5 N–H and O–H groups in total. The Bertz CT molecular complexity index is 892. The van der Waals surface area contributed by atoms with Crippen molar-refractivity contribution >= 4 is 24.8 Å². The smallest absolute Gasteiger partial charge is 0.252 e. The Kier molecular flexibility index (Phi) is 20.0. The molecule has 2 saturated heterocycles. The van der Waals surface area contributed by atoms with Crippen LogP contribution in [0.15, 0.2) is 5.11 Å². The molecule has 2 rings (SSSR count). The maximum absolute atomic E-state index is 13.2. The minimum Gasteiger partial charge on any atom is -0.390 e. The van der Waals surface area contributed by atoms with Gasteiger partial charge in [-0.05, 0) is 5.53 Å². The third-order valence-electron chi connectivity index (χ3n) is 7.06. The minimum atomic E-state index is -1.63. The zero-order valence-electron chi connectivity index (χ0n) is 25.5. The molecule has 0 bridgehead atoms. The van der Waals surface area contributed by atoms with Crippen molar-refractivity contribution in [1.29, 1.82) is 0 Å². The first-order chi connectivity index (χ1) is 21.8. The number of thiol groups is 1. The van der Waals surface area contributed by atoms with E-state index in [1.165, 1.54) is 7.11 Å². The number of nitrogens with zero attached hydrogens (tertiary/aromatic N) is 3. The highest BCUT2D eigenvalue weighted by Crippen LogP contribution is 2.32. The van der Waals surface area contributed by atoms with E-state index in [4.69, 9.17) is 43.4 Å². The lowest BCUT2D eigenvalue weighted by molar-refractivity contribution is -0.334. The summed E-state index contributed by atoms with van der Waals surface area (Å²) in [6.45, 7) is 4.01. The molecule has 2 aliphatic heterocycles. The van der Waals surface area contributed by atoms with Gasteiger partial charge >= 0.3 is 0 Å². The zero-order chi connectivity index (χ0) is 33.0. The third kappa shape index (κ3) is 13.2.